The van der Waals surface area contributed by atoms with Crippen molar-refractivity contribution < 1.29 is 9.90 Å². The first-order valence-corrected chi connectivity index (χ1v) is 6.96. The van der Waals surface area contributed by atoms with E-state index in [1.807, 2.05) is 13.0 Å². The number of phenolic OH excluding ortho intramolecular Hbond substituents is 1. The van der Waals surface area contributed by atoms with Crippen molar-refractivity contribution in [2.45, 2.75) is 44.7 Å². The topological polar surface area (TPSA) is 61.4 Å². The Labute approximate surface area is 114 Å². The molecule has 4 nitrogen and oxygen atoms in total. The molecule has 1 heterocycles. The fraction of sp³-hybridized carbons (Fsp3) is 0.533. The number of hydrogen-bond acceptors (Lipinski definition) is 3. The quantitative estimate of drug-likeness (QED) is 0.772. The van der Waals surface area contributed by atoms with E-state index in [1.54, 1.807) is 18.2 Å². The summed E-state index contributed by atoms with van der Waals surface area (Å²) < 4.78 is 0. The normalized spacial score (nSPS) is 20.8. The van der Waals surface area contributed by atoms with Gasteiger partial charge in [0, 0.05) is 17.6 Å². The minimum Gasteiger partial charge on any atom is -0.508 e. The Morgan fingerprint density at radius 1 is 1.47 bits per heavy atom. The van der Waals surface area contributed by atoms with Crippen LogP contribution in [0.5, 0.6) is 5.75 Å². The summed E-state index contributed by atoms with van der Waals surface area (Å²) in [5.74, 6) is 0.141. The van der Waals surface area contributed by atoms with Gasteiger partial charge in [-0.3, -0.25) is 4.79 Å². The zero-order valence-corrected chi connectivity index (χ0v) is 11.4. The maximum absolute atomic E-state index is 12.0. The van der Waals surface area contributed by atoms with E-state index in [4.69, 9.17) is 0 Å². The third kappa shape index (κ3) is 3.96. The van der Waals surface area contributed by atoms with E-state index in [1.165, 1.54) is 12.8 Å². The Morgan fingerprint density at radius 2 is 2.26 bits per heavy atom. The molecule has 0 bridgehead atoms. The minimum atomic E-state index is -0.0404. The van der Waals surface area contributed by atoms with Crippen LogP contribution in [-0.4, -0.2) is 29.6 Å². The summed E-state index contributed by atoms with van der Waals surface area (Å²) in [6.45, 7) is 3.07. The maximum Gasteiger partial charge on any atom is 0.224 e. The van der Waals surface area contributed by atoms with Crippen LogP contribution in [0.4, 0.5) is 0 Å². The molecule has 2 atom stereocenters. The molecule has 1 fully saturated rings. The van der Waals surface area contributed by atoms with Crippen molar-refractivity contribution in [3.05, 3.63) is 29.8 Å². The zero-order chi connectivity index (χ0) is 13.7. The number of para-hydroxylation sites is 1. The lowest BCUT2D eigenvalue weighted by Crippen LogP contribution is -2.50. The molecular formula is C15H22N2O2. The summed E-state index contributed by atoms with van der Waals surface area (Å²) in [5.41, 5.74) is 0.670. The number of rotatable bonds is 4. The smallest absolute Gasteiger partial charge is 0.224 e. The minimum absolute atomic E-state index is 0.0404. The van der Waals surface area contributed by atoms with Crippen LogP contribution in [0, 0.1) is 0 Å². The van der Waals surface area contributed by atoms with E-state index < -0.39 is 0 Å². The number of aromatic hydroxyl groups is 1. The third-order valence-corrected chi connectivity index (χ3v) is 3.68. The average molecular weight is 262 g/mol. The summed E-state index contributed by atoms with van der Waals surface area (Å²) in [6.07, 6.45) is 3.77. The molecule has 104 valence electrons. The first-order chi connectivity index (χ1) is 9.16. The van der Waals surface area contributed by atoms with Gasteiger partial charge < -0.3 is 15.7 Å². The lowest BCUT2D eigenvalue weighted by molar-refractivity contribution is -0.121. The number of benzene rings is 1. The van der Waals surface area contributed by atoms with E-state index in [0.29, 0.717) is 11.6 Å². The summed E-state index contributed by atoms with van der Waals surface area (Å²) in [5, 5.41) is 16.1. The van der Waals surface area contributed by atoms with Crippen LogP contribution < -0.4 is 10.6 Å². The van der Waals surface area contributed by atoms with Crippen LogP contribution in [0.1, 0.15) is 31.7 Å². The molecule has 2 unspecified atom stereocenters. The Kier molecular flexibility index (Phi) is 4.80. The Bertz CT molecular complexity index is 428. The van der Waals surface area contributed by atoms with Gasteiger partial charge in [0.1, 0.15) is 5.75 Å². The molecule has 1 aliphatic rings. The van der Waals surface area contributed by atoms with Gasteiger partial charge in [-0.25, -0.2) is 0 Å². The van der Waals surface area contributed by atoms with Crippen molar-refractivity contribution >= 4 is 5.91 Å². The second kappa shape index (κ2) is 6.57. The second-order valence-electron chi connectivity index (χ2n) is 5.22. The van der Waals surface area contributed by atoms with Crippen LogP contribution in [0.3, 0.4) is 0 Å². The van der Waals surface area contributed by atoms with E-state index in [0.717, 1.165) is 13.0 Å². The molecule has 19 heavy (non-hydrogen) atoms. The number of amides is 1. The third-order valence-electron chi connectivity index (χ3n) is 3.68. The van der Waals surface area contributed by atoms with Crippen LogP contribution in [0.2, 0.25) is 0 Å². The fourth-order valence-corrected chi connectivity index (χ4v) is 2.54. The standard InChI is InChI=1S/C15H22N2O2/c1-11(13-7-4-5-9-16-13)17-15(19)10-12-6-2-3-8-14(12)18/h2-3,6,8,11,13,16,18H,4-5,7,9-10H2,1H3,(H,17,19). The molecule has 0 radical (unpaired) electrons. The maximum atomic E-state index is 12.0. The number of piperidine rings is 1. The Hall–Kier alpha value is -1.55. The molecule has 1 aromatic carbocycles. The molecule has 1 saturated heterocycles. The van der Waals surface area contributed by atoms with Gasteiger partial charge in [-0.15, -0.1) is 0 Å². The zero-order valence-electron chi connectivity index (χ0n) is 11.4. The van der Waals surface area contributed by atoms with Gasteiger partial charge in [0.2, 0.25) is 5.91 Å². The predicted molar refractivity (Wildman–Crippen MR) is 75.1 cm³/mol. The highest BCUT2D eigenvalue weighted by atomic mass is 16.3. The van der Waals surface area contributed by atoms with Crippen LogP contribution in [0.25, 0.3) is 0 Å². The highest BCUT2D eigenvalue weighted by Gasteiger charge is 2.21. The van der Waals surface area contributed by atoms with Crippen molar-refractivity contribution in [3.63, 3.8) is 0 Å². The molecule has 4 heteroatoms. The molecule has 2 rings (SSSR count). The van der Waals surface area contributed by atoms with Gasteiger partial charge in [-0.05, 0) is 32.4 Å². The average Bonchev–Trinajstić information content (AvgIpc) is 2.42. The monoisotopic (exact) mass is 262 g/mol. The first kappa shape index (κ1) is 13.9. The first-order valence-electron chi connectivity index (χ1n) is 6.96. The van der Waals surface area contributed by atoms with Crippen LogP contribution >= 0.6 is 0 Å². The molecule has 0 aliphatic carbocycles. The highest BCUT2D eigenvalue weighted by Crippen LogP contribution is 2.16. The van der Waals surface area contributed by atoms with Gasteiger partial charge in [-0.1, -0.05) is 24.6 Å². The van der Waals surface area contributed by atoms with Gasteiger partial charge in [0.25, 0.3) is 0 Å². The fourth-order valence-electron chi connectivity index (χ4n) is 2.54. The molecule has 1 aliphatic heterocycles. The van der Waals surface area contributed by atoms with Crippen molar-refractivity contribution in [2.75, 3.05) is 6.54 Å². The molecule has 0 spiro atoms. The van der Waals surface area contributed by atoms with Gasteiger partial charge in [0.05, 0.1) is 6.42 Å². The molecule has 3 N–H and O–H groups in total. The van der Waals surface area contributed by atoms with E-state index in [-0.39, 0.29) is 24.1 Å². The highest BCUT2D eigenvalue weighted by molar-refractivity contribution is 5.79. The summed E-state index contributed by atoms with van der Waals surface area (Å²) >= 11 is 0. The van der Waals surface area contributed by atoms with Crippen LogP contribution in [0.15, 0.2) is 24.3 Å². The van der Waals surface area contributed by atoms with Crippen molar-refractivity contribution in [3.8, 4) is 5.75 Å². The Balaban J connectivity index is 1.85. The molecular weight excluding hydrogens is 240 g/mol. The molecule has 1 aromatic rings. The summed E-state index contributed by atoms with van der Waals surface area (Å²) in [7, 11) is 0. The number of carbonyl (C=O) groups is 1. The van der Waals surface area contributed by atoms with E-state index >= 15 is 0 Å². The number of hydrogen-bond donors (Lipinski definition) is 3. The van der Waals surface area contributed by atoms with Crippen molar-refractivity contribution in [1.29, 1.82) is 0 Å². The second-order valence-corrected chi connectivity index (χ2v) is 5.22. The molecule has 1 amide bonds. The van der Waals surface area contributed by atoms with Crippen molar-refractivity contribution in [1.82, 2.24) is 10.6 Å². The predicted octanol–water partition coefficient (Wildman–Crippen LogP) is 1.58. The molecule has 0 aromatic heterocycles. The van der Waals surface area contributed by atoms with E-state index in [9.17, 15) is 9.90 Å². The van der Waals surface area contributed by atoms with Gasteiger partial charge in [0.15, 0.2) is 0 Å². The van der Waals surface area contributed by atoms with Crippen molar-refractivity contribution in [2.24, 2.45) is 0 Å². The van der Waals surface area contributed by atoms with E-state index in [2.05, 4.69) is 10.6 Å². The Morgan fingerprint density at radius 3 is 2.95 bits per heavy atom. The lowest BCUT2D eigenvalue weighted by Gasteiger charge is -2.29. The van der Waals surface area contributed by atoms with Gasteiger partial charge >= 0.3 is 0 Å². The molecule has 0 saturated carbocycles. The number of carbonyl (C=O) groups excluding carboxylic acids is 1. The number of phenols is 1. The van der Waals surface area contributed by atoms with Gasteiger partial charge in [-0.2, -0.15) is 0 Å². The largest absolute Gasteiger partial charge is 0.508 e. The lowest BCUT2D eigenvalue weighted by atomic mass is 9.99. The summed E-state index contributed by atoms with van der Waals surface area (Å²) in [6, 6.07) is 7.45. The van der Waals surface area contributed by atoms with Crippen LogP contribution in [-0.2, 0) is 11.2 Å². The number of nitrogens with one attached hydrogen (secondary N) is 2. The SMILES string of the molecule is CC(NC(=O)Cc1ccccc1O)C1CCCCN1. The summed E-state index contributed by atoms with van der Waals surface area (Å²) in [4.78, 5) is 12.0.